The molecule has 0 aromatic carbocycles. The third kappa shape index (κ3) is 3.04. The normalized spacial score (nSPS) is 15.9. The number of nitrogens with one attached hydrogen (secondary N) is 1. The van der Waals surface area contributed by atoms with Crippen molar-refractivity contribution in [1.82, 2.24) is 14.9 Å². The summed E-state index contributed by atoms with van der Waals surface area (Å²) in [6.45, 7) is 0.679. The highest BCUT2D eigenvalue weighted by atomic mass is 19.4. The Morgan fingerprint density at radius 3 is 2.79 bits per heavy atom. The Labute approximate surface area is 106 Å². The van der Waals surface area contributed by atoms with E-state index >= 15 is 0 Å². The van der Waals surface area contributed by atoms with Gasteiger partial charge in [-0.25, -0.2) is 14.8 Å². The van der Waals surface area contributed by atoms with Crippen molar-refractivity contribution < 1.29 is 22.7 Å². The van der Waals surface area contributed by atoms with E-state index in [4.69, 9.17) is 0 Å². The number of rotatable bonds is 2. The molecule has 0 saturated carbocycles. The van der Waals surface area contributed by atoms with Crippen LogP contribution in [-0.2, 0) is 10.9 Å². The van der Waals surface area contributed by atoms with Gasteiger partial charge in [0, 0.05) is 19.3 Å². The van der Waals surface area contributed by atoms with Crippen molar-refractivity contribution in [3.05, 3.63) is 18.0 Å². The van der Waals surface area contributed by atoms with E-state index in [1.54, 1.807) is 0 Å². The fourth-order valence-corrected chi connectivity index (χ4v) is 1.62. The standard InChI is InChI=1S/C10H11F3N4O2/c1-19-9(18)17-4-6(5-17)15-8-14-3-2-7(16-8)10(11,12)13/h2-3,6H,4-5H2,1H3,(H,14,15,16). The zero-order chi connectivity index (χ0) is 14.0. The van der Waals surface area contributed by atoms with Crippen LogP contribution in [0.15, 0.2) is 12.3 Å². The Kier molecular flexibility index (Phi) is 3.45. The van der Waals surface area contributed by atoms with Crippen molar-refractivity contribution in [3.63, 3.8) is 0 Å². The maximum Gasteiger partial charge on any atom is 0.433 e. The number of carbonyl (C=O) groups excluding carboxylic acids is 1. The van der Waals surface area contributed by atoms with Crippen LogP contribution in [0, 0.1) is 0 Å². The van der Waals surface area contributed by atoms with Gasteiger partial charge in [-0.05, 0) is 6.07 Å². The molecule has 1 aliphatic heterocycles. The monoisotopic (exact) mass is 276 g/mol. The van der Waals surface area contributed by atoms with Crippen LogP contribution in [0.5, 0.6) is 0 Å². The van der Waals surface area contributed by atoms with E-state index in [0.29, 0.717) is 13.1 Å². The van der Waals surface area contributed by atoms with Gasteiger partial charge in [0.1, 0.15) is 5.69 Å². The first-order valence-electron chi connectivity index (χ1n) is 5.40. The fraction of sp³-hybridized carbons (Fsp3) is 0.500. The Hall–Kier alpha value is -2.06. The van der Waals surface area contributed by atoms with Crippen molar-refractivity contribution >= 4 is 12.0 Å². The lowest BCUT2D eigenvalue weighted by molar-refractivity contribution is -0.141. The van der Waals surface area contributed by atoms with Crippen LogP contribution in [0.4, 0.5) is 23.9 Å². The summed E-state index contributed by atoms with van der Waals surface area (Å²) >= 11 is 0. The van der Waals surface area contributed by atoms with Gasteiger partial charge in [-0.1, -0.05) is 0 Å². The number of ether oxygens (including phenoxy) is 1. The lowest BCUT2D eigenvalue weighted by atomic mass is 10.1. The van der Waals surface area contributed by atoms with E-state index in [1.165, 1.54) is 12.0 Å². The summed E-state index contributed by atoms with van der Waals surface area (Å²) in [6.07, 6.45) is -3.94. The van der Waals surface area contributed by atoms with Gasteiger partial charge in [0.2, 0.25) is 5.95 Å². The Bertz CT molecular complexity index is 474. The number of hydrogen-bond donors (Lipinski definition) is 1. The number of nitrogens with zero attached hydrogens (tertiary/aromatic N) is 3. The van der Waals surface area contributed by atoms with Crippen molar-refractivity contribution in [2.24, 2.45) is 0 Å². The minimum atomic E-state index is -4.50. The molecule has 0 unspecified atom stereocenters. The first-order chi connectivity index (χ1) is 8.90. The molecule has 0 bridgehead atoms. The second-order valence-electron chi connectivity index (χ2n) is 3.98. The second kappa shape index (κ2) is 4.90. The predicted octanol–water partition coefficient (Wildman–Crippen LogP) is 1.36. The molecule has 6 nitrogen and oxygen atoms in total. The molecular formula is C10H11F3N4O2. The zero-order valence-electron chi connectivity index (χ0n) is 9.94. The minimum Gasteiger partial charge on any atom is -0.453 e. The van der Waals surface area contributed by atoms with Crippen LogP contribution < -0.4 is 5.32 Å². The molecule has 0 radical (unpaired) electrons. The van der Waals surface area contributed by atoms with Crippen molar-refractivity contribution in [3.8, 4) is 0 Å². The lowest BCUT2D eigenvalue weighted by Crippen LogP contribution is -2.57. The second-order valence-corrected chi connectivity index (χ2v) is 3.98. The van der Waals surface area contributed by atoms with Gasteiger partial charge >= 0.3 is 12.3 Å². The molecule has 0 aliphatic carbocycles. The highest BCUT2D eigenvalue weighted by Gasteiger charge is 2.34. The average molecular weight is 276 g/mol. The largest absolute Gasteiger partial charge is 0.453 e. The Morgan fingerprint density at radius 1 is 1.53 bits per heavy atom. The molecule has 1 aromatic heterocycles. The van der Waals surface area contributed by atoms with E-state index < -0.39 is 18.0 Å². The van der Waals surface area contributed by atoms with Gasteiger partial charge in [-0.15, -0.1) is 0 Å². The van der Waals surface area contributed by atoms with Gasteiger partial charge in [-0.3, -0.25) is 0 Å². The van der Waals surface area contributed by atoms with Crippen molar-refractivity contribution in [2.45, 2.75) is 12.2 Å². The van der Waals surface area contributed by atoms with E-state index in [9.17, 15) is 18.0 Å². The van der Waals surface area contributed by atoms with Crippen molar-refractivity contribution in [2.75, 3.05) is 25.5 Å². The van der Waals surface area contributed by atoms with Gasteiger partial charge in [-0.2, -0.15) is 13.2 Å². The molecule has 0 atom stereocenters. The summed E-state index contributed by atoms with van der Waals surface area (Å²) in [5, 5.41) is 2.73. The smallest absolute Gasteiger partial charge is 0.433 e. The van der Waals surface area contributed by atoms with Crippen molar-refractivity contribution in [1.29, 1.82) is 0 Å². The quantitative estimate of drug-likeness (QED) is 0.883. The van der Waals surface area contributed by atoms with E-state index in [-0.39, 0.29) is 12.0 Å². The van der Waals surface area contributed by atoms with Crippen LogP contribution in [0.1, 0.15) is 5.69 Å². The first kappa shape index (κ1) is 13.4. The third-order valence-corrected chi connectivity index (χ3v) is 2.59. The molecule has 9 heteroatoms. The number of alkyl halides is 3. The molecule has 1 saturated heterocycles. The maximum atomic E-state index is 12.4. The highest BCUT2D eigenvalue weighted by Crippen LogP contribution is 2.27. The molecule has 1 fully saturated rings. The fourth-order valence-electron chi connectivity index (χ4n) is 1.62. The van der Waals surface area contributed by atoms with Crippen LogP contribution in [0.2, 0.25) is 0 Å². The predicted molar refractivity (Wildman–Crippen MR) is 58.4 cm³/mol. The SMILES string of the molecule is COC(=O)N1CC(Nc2nccc(C(F)(F)F)n2)C1. The number of halogens is 3. The first-order valence-corrected chi connectivity index (χ1v) is 5.40. The Morgan fingerprint density at radius 2 is 2.21 bits per heavy atom. The number of amides is 1. The van der Waals surface area contributed by atoms with Crippen LogP contribution in [-0.4, -0.2) is 47.2 Å². The molecule has 19 heavy (non-hydrogen) atoms. The molecule has 1 aromatic rings. The summed E-state index contributed by atoms with van der Waals surface area (Å²) in [6, 6.07) is 0.620. The summed E-state index contributed by atoms with van der Waals surface area (Å²) in [7, 11) is 1.26. The summed E-state index contributed by atoms with van der Waals surface area (Å²) in [5.74, 6) is -0.107. The summed E-state index contributed by atoms with van der Waals surface area (Å²) < 4.78 is 41.8. The number of anilines is 1. The number of hydrogen-bond acceptors (Lipinski definition) is 5. The van der Waals surface area contributed by atoms with Gasteiger partial charge in [0.25, 0.3) is 0 Å². The molecule has 1 aliphatic rings. The van der Waals surface area contributed by atoms with Gasteiger partial charge in [0.05, 0.1) is 13.2 Å². The molecular weight excluding hydrogens is 265 g/mol. The van der Waals surface area contributed by atoms with E-state index in [0.717, 1.165) is 12.3 Å². The average Bonchev–Trinajstić information content (AvgIpc) is 2.31. The van der Waals surface area contributed by atoms with Crippen LogP contribution >= 0.6 is 0 Å². The number of carbonyl (C=O) groups is 1. The summed E-state index contributed by atoms with van der Waals surface area (Å²) in [4.78, 5) is 19.6. The van der Waals surface area contributed by atoms with Gasteiger partial charge < -0.3 is 15.0 Å². The molecule has 2 rings (SSSR count). The summed E-state index contributed by atoms with van der Waals surface area (Å²) in [5.41, 5.74) is -1.01. The van der Waals surface area contributed by atoms with Crippen LogP contribution in [0.3, 0.4) is 0 Å². The molecule has 1 N–H and O–H groups in total. The zero-order valence-corrected chi connectivity index (χ0v) is 9.94. The number of methoxy groups -OCH3 is 1. The molecule has 1 amide bonds. The van der Waals surface area contributed by atoms with E-state index in [2.05, 4.69) is 20.0 Å². The van der Waals surface area contributed by atoms with Crippen LogP contribution in [0.25, 0.3) is 0 Å². The highest BCUT2D eigenvalue weighted by molar-refractivity contribution is 5.68. The van der Waals surface area contributed by atoms with Gasteiger partial charge in [0.15, 0.2) is 0 Å². The Balaban J connectivity index is 1.93. The molecule has 2 heterocycles. The third-order valence-electron chi connectivity index (χ3n) is 2.59. The molecule has 0 spiro atoms. The molecule has 104 valence electrons. The number of likely N-dealkylation sites (tertiary alicyclic amines) is 1. The number of aromatic nitrogens is 2. The topological polar surface area (TPSA) is 67.3 Å². The minimum absolute atomic E-state index is 0.107. The van der Waals surface area contributed by atoms with E-state index in [1.807, 2.05) is 0 Å². The maximum absolute atomic E-state index is 12.4. The lowest BCUT2D eigenvalue weighted by Gasteiger charge is -2.38.